The normalized spacial score (nSPS) is 10.2. The Labute approximate surface area is 118 Å². The fraction of sp³-hybridized carbons (Fsp3) is 0.154. The van der Waals surface area contributed by atoms with E-state index < -0.39 is 0 Å². The molecule has 0 radical (unpaired) electrons. The molecule has 1 heterocycles. The summed E-state index contributed by atoms with van der Waals surface area (Å²) >= 11 is 6.98. The molecule has 0 spiro atoms. The lowest BCUT2D eigenvalue weighted by molar-refractivity contribution is 0.960. The molecular weight excluding hydrogens is 344 g/mol. The largest absolute Gasteiger partial charge is 0.384 e. The van der Waals surface area contributed by atoms with Gasteiger partial charge in [0.05, 0.1) is 0 Å². The summed E-state index contributed by atoms with van der Waals surface area (Å²) in [5, 5.41) is 3.39. The van der Waals surface area contributed by atoms with Crippen LogP contribution in [0, 0.1) is 0 Å². The van der Waals surface area contributed by atoms with Crippen LogP contribution in [0.25, 0.3) is 0 Å². The van der Waals surface area contributed by atoms with Crippen molar-refractivity contribution in [2.75, 3.05) is 11.9 Å². The number of nitrogens with zero attached hydrogens (tertiary/aromatic N) is 1. The molecule has 4 heteroatoms. The lowest BCUT2D eigenvalue weighted by atomic mass is 10.2. The maximum absolute atomic E-state index is 4.29. The number of aromatic nitrogens is 1. The number of rotatable bonds is 4. The molecular formula is C13H12Br2N2. The van der Waals surface area contributed by atoms with Gasteiger partial charge in [0.25, 0.3) is 0 Å². The van der Waals surface area contributed by atoms with Crippen LogP contribution in [-0.4, -0.2) is 11.5 Å². The summed E-state index contributed by atoms with van der Waals surface area (Å²) in [5.41, 5.74) is 2.20. The molecule has 0 aliphatic carbocycles. The highest BCUT2D eigenvalue weighted by Gasteiger charge is 2.00. The van der Waals surface area contributed by atoms with Gasteiger partial charge in [-0.05, 0) is 46.3 Å². The molecule has 0 fully saturated rings. The van der Waals surface area contributed by atoms with Crippen molar-refractivity contribution in [3.8, 4) is 0 Å². The number of benzene rings is 1. The minimum Gasteiger partial charge on any atom is -0.384 e. The predicted octanol–water partition coefficient (Wildman–Crippen LogP) is 4.26. The van der Waals surface area contributed by atoms with Crippen LogP contribution in [0.4, 0.5) is 5.69 Å². The molecule has 0 amide bonds. The van der Waals surface area contributed by atoms with Crippen molar-refractivity contribution in [1.29, 1.82) is 0 Å². The summed E-state index contributed by atoms with van der Waals surface area (Å²) in [6.07, 6.45) is 2.74. The van der Waals surface area contributed by atoms with E-state index in [1.807, 2.05) is 36.5 Å². The van der Waals surface area contributed by atoms with Crippen molar-refractivity contribution < 1.29 is 0 Å². The van der Waals surface area contributed by atoms with Crippen LogP contribution < -0.4 is 5.32 Å². The lowest BCUT2D eigenvalue weighted by Gasteiger charge is -2.08. The van der Waals surface area contributed by atoms with Gasteiger partial charge in [0.1, 0.15) is 0 Å². The first-order valence-corrected chi connectivity index (χ1v) is 6.93. The van der Waals surface area contributed by atoms with Gasteiger partial charge in [-0.1, -0.05) is 22.0 Å². The second-order valence-corrected chi connectivity index (χ2v) is 5.39. The van der Waals surface area contributed by atoms with Crippen LogP contribution in [0.2, 0.25) is 0 Å². The maximum Gasteiger partial charge on any atom is 0.0496 e. The Kier molecular flexibility index (Phi) is 4.57. The van der Waals surface area contributed by atoms with E-state index >= 15 is 0 Å². The average molecular weight is 356 g/mol. The Morgan fingerprint density at radius 2 is 2.00 bits per heavy atom. The number of hydrogen-bond acceptors (Lipinski definition) is 2. The monoisotopic (exact) mass is 354 g/mol. The summed E-state index contributed by atoms with van der Waals surface area (Å²) in [6, 6.07) is 12.1. The van der Waals surface area contributed by atoms with Crippen molar-refractivity contribution in [2.24, 2.45) is 0 Å². The summed E-state index contributed by atoms with van der Waals surface area (Å²) in [4.78, 5) is 4.29. The smallest absolute Gasteiger partial charge is 0.0496 e. The van der Waals surface area contributed by atoms with Crippen molar-refractivity contribution in [2.45, 2.75) is 6.42 Å². The fourth-order valence-corrected chi connectivity index (χ4v) is 2.25. The Morgan fingerprint density at radius 3 is 2.76 bits per heavy atom. The number of nitrogens with one attached hydrogen (secondary N) is 1. The van der Waals surface area contributed by atoms with Crippen molar-refractivity contribution >= 4 is 37.5 Å². The van der Waals surface area contributed by atoms with Crippen LogP contribution in [-0.2, 0) is 6.42 Å². The third-order valence-corrected chi connectivity index (χ3v) is 3.54. The zero-order valence-electron chi connectivity index (χ0n) is 9.16. The minimum absolute atomic E-state index is 0.867. The predicted molar refractivity (Wildman–Crippen MR) is 78.3 cm³/mol. The molecule has 0 saturated heterocycles. The van der Waals surface area contributed by atoms with Gasteiger partial charge in [0.15, 0.2) is 0 Å². The van der Waals surface area contributed by atoms with E-state index in [1.165, 1.54) is 0 Å². The number of halogens is 2. The zero-order chi connectivity index (χ0) is 12.1. The van der Waals surface area contributed by atoms with E-state index in [1.54, 1.807) is 0 Å². The Bertz CT molecular complexity index is 486. The van der Waals surface area contributed by atoms with Crippen LogP contribution in [0.1, 0.15) is 5.69 Å². The van der Waals surface area contributed by atoms with Crippen molar-refractivity contribution in [3.63, 3.8) is 0 Å². The molecule has 2 aromatic rings. The van der Waals surface area contributed by atoms with Gasteiger partial charge in [-0.2, -0.15) is 0 Å². The molecule has 2 nitrogen and oxygen atoms in total. The van der Waals surface area contributed by atoms with E-state index in [4.69, 9.17) is 0 Å². The van der Waals surface area contributed by atoms with E-state index in [-0.39, 0.29) is 0 Å². The zero-order valence-corrected chi connectivity index (χ0v) is 12.3. The molecule has 0 saturated carbocycles. The van der Waals surface area contributed by atoms with E-state index in [2.05, 4.69) is 48.2 Å². The Morgan fingerprint density at radius 1 is 1.12 bits per heavy atom. The molecule has 88 valence electrons. The van der Waals surface area contributed by atoms with Gasteiger partial charge < -0.3 is 5.32 Å². The summed E-state index contributed by atoms with van der Waals surface area (Å²) < 4.78 is 2.14. The SMILES string of the molecule is Brc1ccc(Br)c(NCCc2ccccn2)c1. The Balaban J connectivity index is 1.92. The van der Waals surface area contributed by atoms with E-state index in [0.717, 1.165) is 33.3 Å². The summed E-state index contributed by atoms with van der Waals surface area (Å²) in [5.74, 6) is 0. The van der Waals surface area contributed by atoms with Gasteiger partial charge >= 0.3 is 0 Å². The first-order chi connectivity index (χ1) is 8.25. The minimum atomic E-state index is 0.867. The third-order valence-electron chi connectivity index (χ3n) is 2.35. The highest BCUT2D eigenvalue weighted by atomic mass is 79.9. The molecule has 0 bridgehead atoms. The molecule has 0 unspecified atom stereocenters. The fourth-order valence-electron chi connectivity index (χ4n) is 1.50. The van der Waals surface area contributed by atoms with Gasteiger partial charge in [-0.3, -0.25) is 4.98 Å². The molecule has 2 rings (SSSR count). The molecule has 0 atom stereocenters. The van der Waals surface area contributed by atoms with Crippen LogP contribution in [0.15, 0.2) is 51.5 Å². The highest BCUT2D eigenvalue weighted by molar-refractivity contribution is 9.11. The van der Waals surface area contributed by atoms with Gasteiger partial charge in [0.2, 0.25) is 0 Å². The first-order valence-electron chi connectivity index (χ1n) is 5.34. The van der Waals surface area contributed by atoms with E-state index in [0.29, 0.717) is 0 Å². The standard InChI is InChI=1S/C13H12Br2N2/c14-10-4-5-12(15)13(9-10)17-8-6-11-3-1-2-7-16-11/h1-5,7,9,17H,6,8H2. The number of anilines is 1. The summed E-state index contributed by atoms with van der Waals surface area (Å²) in [7, 11) is 0. The van der Waals surface area contributed by atoms with Gasteiger partial charge in [-0.25, -0.2) is 0 Å². The molecule has 0 aliphatic heterocycles. The maximum atomic E-state index is 4.29. The Hall–Kier alpha value is -0.870. The van der Waals surface area contributed by atoms with Crippen LogP contribution in [0.3, 0.4) is 0 Å². The molecule has 1 aromatic heterocycles. The van der Waals surface area contributed by atoms with Gasteiger partial charge in [-0.15, -0.1) is 0 Å². The number of hydrogen-bond donors (Lipinski definition) is 1. The van der Waals surface area contributed by atoms with Crippen molar-refractivity contribution in [1.82, 2.24) is 4.98 Å². The molecule has 17 heavy (non-hydrogen) atoms. The molecule has 1 aromatic carbocycles. The summed E-state index contributed by atoms with van der Waals surface area (Å²) in [6.45, 7) is 0.867. The quantitative estimate of drug-likeness (QED) is 0.886. The molecule has 1 N–H and O–H groups in total. The van der Waals surface area contributed by atoms with Crippen LogP contribution >= 0.6 is 31.9 Å². The number of pyridine rings is 1. The van der Waals surface area contributed by atoms with Crippen molar-refractivity contribution in [3.05, 3.63) is 57.2 Å². The topological polar surface area (TPSA) is 24.9 Å². The lowest BCUT2D eigenvalue weighted by Crippen LogP contribution is -2.06. The second-order valence-electron chi connectivity index (χ2n) is 3.62. The average Bonchev–Trinajstić information content (AvgIpc) is 2.35. The van der Waals surface area contributed by atoms with Crippen LogP contribution in [0.5, 0.6) is 0 Å². The molecule has 0 aliphatic rings. The van der Waals surface area contributed by atoms with E-state index in [9.17, 15) is 0 Å². The second kappa shape index (κ2) is 6.17. The first kappa shape index (κ1) is 12.6. The highest BCUT2D eigenvalue weighted by Crippen LogP contribution is 2.25. The third kappa shape index (κ3) is 3.82. The van der Waals surface area contributed by atoms with Gasteiger partial charge in [0, 0.05) is 39.5 Å².